The van der Waals surface area contributed by atoms with Gasteiger partial charge in [0.05, 0.1) is 6.54 Å². The van der Waals surface area contributed by atoms with Gasteiger partial charge in [0.1, 0.15) is 5.82 Å². The number of hydrogen-bond acceptors (Lipinski definition) is 3. The zero-order chi connectivity index (χ0) is 12.3. The van der Waals surface area contributed by atoms with Gasteiger partial charge in [-0.3, -0.25) is 4.90 Å². The predicted molar refractivity (Wildman–Crippen MR) is 69.5 cm³/mol. The van der Waals surface area contributed by atoms with Crippen LogP contribution in [0.15, 0.2) is 12.4 Å². The molecule has 1 fully saturated rings. The summed E-state index contributed by atoms with van der Waals surface area (Å²) < 4.78 is 2.09. The molecule has 0 bridgehead atoms. The summed E-state index contributed by atoms with van der Waals surface area (Å²) in [4.78, 5) is 6.73. The van der Waals surface area contributed by atoms with Crippen molar-refractivity contribution in [1.82, 2.24) is 14.5 Å². The first-order chi connectivity index (χ1) is 8.15. The van der Waals surface area contributed by atoms with E-state index in [0.717, 1.165) is 24.8 Å². The maximum Gasteiger partial charge on any atom is 0.122 e. The third-order valence-corrected chi connectivity index (χ3v) is 3.73. The van der Waals surface area contributed by atoms with E-state index in [4.69, 9.17) is 5.73 Å². The molecular weight excluding hydrogens is 212 g/mol. The highest BCUT2D eigenvalue weighted by Crippen LogP contribution is 2.23. The van der Waals surface area contributed by atoms with Crippen molar-refractivity contribution in [3.05, 3.63) is 18.2 Å². The van der Waals surface area contributed by atoms with Gasteiger partial charge in [0.2, 0.25) is 0 Å². The Hall–Kier alpha value is -0.870. The minimum Gasteiger partial charge on any atom is -0.337 e. The number of nitrogens with two attached hydrogens (primary N) is 1. The highest BCUT2D eigenvalue weighted by Gasteiger charge is 2.20. The van der Waals surface area contributed by atoms with Crippen molar-refractivity contribution >= 4 is 0 Å². The highest BCUT2D eigenvalue weighted by atomic mass is 15.1. The molecule has 1 aromatic rings. The molecule has 0 aromatic carbocycles. The zero-order valence-corrected chi connectivity index (χ0v) is 11.0. The van der Waals surface area contributed by atoms with Gasteiger partial charge in [0, 0.05) is 32.0 Å². The highest BCUT2D eigenvalue weighted by molar-refractivity contribution is 4.91. The molecule has 4 heteroatoms. The minimum absolute atomic E-state index is 0.426. The fourth-order valence-electron chi connectivity index (χ4n) is 2.79. The molecule has 1 aliphatic rings. The average molecular weight is 236 g/mol. The summed E-state index contributed by atoms with van der Waals surface area (Å²) in [5.41, 5.74) is 6.03. The third-order valence-electron chi connectivity index (χ3n) is 3.73. The summed E-state index contributed by atoms with van der Waals surface area (Å²) in [5, 5.41) is 0. The Balaban J connectivity index is 1.80. The average Bonchev–Trinajstić information content (AvgIpc) is 2.64. The normalized spacial score (nSPS) is 25.4. The number of imidazole rings is 1. The topological polar surface area (TPSA) is 47.1 Å². The fraction of sp³-hybridized carbons (Fsp3) is 0.769. The Morgan fingerprint density at radius 2 is 2.35 bits per heavy atom. The van der Waals surface area contributed by atoms with Gasteiger partial charge in [0.25, 0.3) is 0 Å². The Labute approximate surface area is 104 Å². The van der Waals surface area contributed by atoms with Crippen LogP contribution in [0.25, 0.3) is 0 Å². The summed E-state index contributed by atoms with van der Waals surface area (Å²) in [6.07, 6.45) is 8.88. The molecule has 4 nitrogen and oxygen atoms in total. The van der Waals surface area contributed by atoms with Crippen LogP contribution in [0.3, 0.4) is 0 Å². The maximum atomic E-state index is 6.03. The molecule has 0 radical (unpaired) electrons. The first-order valence-electron chi connectivity index (χ1n) is 6.55. The number of aromatic nitrogens is 2. The molecule has 1 aliphatic carbocycles. The first kappa shape index (κ1) is 12.6. The van der Waals surface area contributed by atoms with E-state index in [1.165, 1.54) is 25.7 Å². The molecular formula is C13H24N4. The maximum absolute atomic E-state index is 6.03. The van der Waals surface area contributed by atoms with Crippen molar-refractivity contribution in [3.8, 4) is 0 Å². The van der Waals surface area contributed by atoms with Crippen molar-refractivity contribution in [2.24, 2.45) is 18.7 Å². The molecule has 17 heavy (non-hydrogen) atoms. The number of nitrogens with zero attached hydrogens (tertiary/aromatic N) is 3. The van der Waals surface area contributed by atoms with E-state index in [0.29, 0.717) is 6.04 Å². The van der Waals surface area contributed by atoms with Gasteiger partial charge >= 0.3 is 0 Å². The van der Waals surface area contributed by atoms with E-state index in [-0.39, 0.29) is 0 Å². The van der Waals surface area contributed by atoms with Crippen LogP contribution in [0.2, 0.25) is 0 Å². The van der Waals surface area contributed by atoms with Gasteiger partial charge in [-0.05, 0) is 32.2 Å². The molecule has 0 amide bonds. The SMILES string of the molecule is CN(Cc1nccn1C)CC1CCCC(N)C1. The molecule has 2 unspecified atom stereocenters. The summed E-state index contributed by atoms with van der Waals surface area (Å²) in [5.74, 6) is 1.90. The van der Waals surface area contributed by atoms with Crippen molar-refractivity contribution in [2.75, 3.05) is 13.6 Å². The van der Waals surface area contributed by atoms with Crippen LogP contribution >= 0.6 is 0 Å². The smallest absolute Gasteiger partial charge is 0.122 e. The lowest BCUT2D eigenvalue weighted by molar-refractivity contribution is 0.212. The lowest BCUT2D eigenvalue weighted by Crippen LogP contribution is -2.34. The fourth-order valence-corrected chi connectivity index (χ4v) is 2.79. The van der Waals surface area contributed by atoms with Gasteiger partial charge in [0.15, 0.2) is 0 Å². The summed E-state index contributed by atoms with van der Waals surface area (Å²) in [7, 11) is 4.22. The molecule has 0 aliphatic heterocycles. The Morgan fingerprint density at radius 3 is 3.00 bits per heavy atom. The van der Waals surface area contributed by atoms with E-state index in [1.807, 2.05) is 19.4 Å². The number of aryl methyl sites for hydroxylation is 1. The van der Waals surface area contributed by atoms with Crippen LogP contribution in [-0.2, 0) is 13.6 Å². The Kier molecular flexibility index (Phi) is 4.18. The molecule has 0 spiro atoms. The lowest BCUT2D eigenvalue weighted by Gasteiger charge is -2.30. The molecule has 1 aromatic heterocycles. The molecule has 1 saturated carbocycles. The monoisotopic (exact) mass is 236 g/mol. The second-order valence-electron chi connectivity index (χ2n) is 5.44. The van der Waals surface area contributed by atoms with Crippen LogP contribution < -0.4 is 5.73 Å². The van der Waals surface area contributed by atoms with Crippen LogP contribution in [0.1, 0.15) is 31.5 Å². The summed E-state index contributed by atoms with van der Waals surface area (Å²) in [6.45, 7) is 2.07. The molecule has 96 valence electrons. The Morgan fingerprint density at radius 1 is 1.53 bits per heavy atom. The summed E-state index contributed by atoms with van der Waals surface area (Å²) >= 11 is 0. The van der Waals surface area contributed by atoms with Gasteiger partial charge in [-0.1, -0.05) is 6.42 Å². The van der Waals surface area contributed by atoms with E-state index in [2.05, 4.69) is 21.5 Å². The number of rotatable bonds is 4. The van der Waals surface area contributed by atoms with Crippen LogP contribution in [0, 0.1) is 5.92 Å². The Bertz CT molecular complexity index is 347. The standard InChI is InChI=1S/C13H24N4/c1-16(10-13-15-6-7-17(13)2)9-11-4-3-5-12(14)8-11/h6-7,11-12H,3-5,8-10,14H2,1-2H3. The zero-order valence-electron chi connectivity index (χ0n) is 11.0. The van der Waals surface area contributed by atoms with Crippen LogP contribution in [-0.4, -0.2) is 34.1 Å². The lowest BCUT2D eigenvalue weighted by atomic mass is 9.86. The van der Waals surface area contributed by atoms with Gasteiger partial charge in [-0.2, -0.15) is 0 Å². The van der Waals surface area contributed by atoms with Gasteiger partial charge < -0.3 is 10.3 Å². The quantitative estimate of drug-likeness (QED) is 0.859. The van der Waals surface area contributed by atoms with Crippen molar-refractivity contribution in [2.45, 2.75) is 38.3 Å². The molecule has 2 rings (SSSR count). The van der Waals surface area contributed by atoms with Crippen LogP contribution in [0.4, 0.5) is 0 Å². The van der Waals surface area contributed by atoms with Crippen molar-refractivity contribution < 1.29 is 0 Å². The second kappa shape index (κ2) is 5.65. The number of hydrogen-bond donors (Lipinski definition) is 1. The van der Waals surface area contributed by atoms with E-state index >= 15 is 0 Å². The van der Waals surface area contributed by atoms with Gasteiger partial charge in [-0.25, -0.2) is 4.98 Å². The minimum atomic E-state index is 0.426. The molecule has 1 heterocycles. The van der Waals surface area contributed by atoms with Crippen molar-refractivity contribution in [1.29, 1.82) is 0 Å². The summed E-state index contributed by atoms with van der Waals surface area (Å²) in [6, 6.07) is 0.426. The van der Waals surface area contributed by atoms with Crippen LogP contribution in [0.5, 0.6) is 0 Å². The first-order valence-corrected chi connectivity index (χ1v) is 6.55. The molecule has 2 atom stereocenters. The van der Waals surface area contributed by atoms with E-state index in [1.54, 1.807) is 0 Å². The largest absolute Gasteiger partial charge is 0.337 e. The van der Waals surface area contributed by atoms with E-state index in [9.17, 15) is 0 Å². The van der Waals surface area contributed by atoms with E-state index < -0.39 is 0 Å². The van der Waals surface area contributed by atoms with Crippen molar-refractivity contribution in [3.63, 3.8) is 0 Å². The van der Waals surface area contributed by atoms with Gasteiger partial charge in [-0.15, -0.1) is 0 Å². The molecule has 0 saturated heterocycles. The predicted octanol–water partition coefficient (Wildman–Crippen LogP) is 1.37. The third kappa shape index (κ3) is 3.54. The molecule has 2 N–H and O–H groups in total. The second-order valence-corrected chi connectivity index (χ2v) is 5.44.